The molecule has 10 aromatic carbocycles. The number of hydrogen-bond donors (Lipinski definition) is 0. The van der Waals surface area contributed by atoms with Crippen molar-refractivity contribution < 1.29 is 0 Å². The molecule has 2 aliphatic carbocycles. The molecule has 0 bridgehead atoms. The van der Waals surface area contributed by atoms with Crippen LogP contribution in [0.5, 0.6) is 0 Å². The molecular formula is C74H60N2. The first-order valence-corrected chi connectivity index (χ1v) is 26.9. The molecule has 0 aliphatic heterocycles. The van der Waals surface area contributed by atoms with Gasteiger partial charge in [-0.3, -0.25) is 0 Å². The molecule has 2 nitrogen and oxygen atoms in total. The lowest BCUT2D eigenvalue weighted by Crippen LogP contribution is -2.30. The van der Waals surface area contributed by atoms with Gasteiger partial charge < -0.3 is 9.47 Å². The van der Waals surface area contributed by atoms with Crippen molar-refractivity contribution in [2.75, 3.05) is 4.90 Å². The van der Waals surface area contributed by atoms with Crippen molar-refractivity contribution >= 4 is 61.3 Å². The van der Waals surface area contributed by atoms with Crippen molar-refractivity contribution in [3.63, 3.8) is 0 Å². The van der Waals surface area contributed by atoms with E-state index in [0.717, 1.165) is 41.0 Å². The molecule has 0 N–H and O–H groups in total. The molecule has 0 spiro atoms. The first-order chi connectivity index (χ1) is 37.7. The number of rotatable bonds is 11. The number of para-hydroxylation sites is 1. The number of nitrogens with zero attached hydrogens (tertiary/aromatic N) is 2. The van der Waals surface area contributed by atoms with Crippen molar-refractivity contribution in [2.24, 2.45) is 0 Å². The maximum absolute atomic E-state index is 2.49. The Kier molecular flexibility index (Phi) is 13.2. The molecule has 2 heteroatoms. The van der Waals surface area contributed by atoms with Crippen LogP contribution in [-0.4, -0.2) is 4.57 Å². The molecule has 0 unspecified atom stereocenters. The molecule has 2 aliphatic rings. The van der Waals surface area contributed by atoms with Crippen LogP contribution < -0.4 is 4.90 Å². The van der Waals surface area contributed by atoms with Gasteiger partial charge in [0, 0.05) is 33.5 Å². The number of hydrogen-bond acceptors (Lipinski definition) is 1. The van der Waals surface area contributed by atoms with Crippen LogP contribution in [0.25, 0.3) is 72.2 Å². The molecule has 1 aromatic heterocycles. The molecule has 0 fully saturated rings. The van der Waals surface area contributed by atoms with Crippen LogP contribution in [0.4, 0.5) is 17.1 Å². The minimum absolute atomic E-state index is 0.439. The molecule has 76 heavy (non-hydrogen) atoms. The third-order valence-corrected chi connectivity index (χ3v) is 15.3. The van der Waals surface area contributed by atoms with Gasteiger partial charge in [-0.25, -0.2) is 0 Å². The zero-order chi connectivity index (χ0) is 51.4. The highest BCUT2D eigenvalue weighted by Crippen LogP contribution is 2.58. The number of fused-ring (bicyclic) bond motifs is 6. The Bertz CT molecular complexity index is 4030. The van der Waals surface area contributed by atoms with E-state index in [-0.39, 0.29) is 0 Å². The van der Waals surface area contributed by atoms with E-state index in [9.17, 15) is 0 Å². The minimum atomic E-state index is -0.439. The molecule has 0 amide bonds. The second-order valence-corrected chi connectivity index (χ2v) is 19.5. The molecule has 0 radical (unpaired) electrons. The summed E-state index contributed by atoms with van der Waals surface area (Å²) in [4.78, 5) is 2.44. The van der Waals surface area contributed by atoms with Gasteiger partial charge in [0.1, 0.15) is 0 Å². The van der Waals surface area contributed by atoms with Gasteiger partial charge in [-0.2, -0.15) is 0 Å². The van der Waals surface area contributed by atoms with Crippen LogP contribution >= 0.6 is 0 Å². The molecule has 1 heterocycles. The first kappa shape index (κ1) is 47.7. The topological polar surface area (TPSA) is 8.17 Å². The molecule has 13 rings (SSSR count). The Morgan fingerprint density at radius 3 is 1.86 bits per heavy atom. The maximum atomic E-state index is 2.49. The number of anilines is 3. The second kappa shape index (κ2) is 20.9. The molecule has 0 saturated carbocycles. The van der Waals surface area contributed by atoms with Crippen LogP contribution in [0.1, 0.15) is 61.4 Å². The summed E-state index contributed by atoms with van der Waals surface area (Å²) in [7, 11) is 0. The lowest BCUT2D eigenvalue weighted by atomic mass is 9.65. The average molecular weight is 977 g/mol. The summed E-state index contributed by atoms with van der Waals surface area (Å²) in [6, 6.07) is 87.8. The third-order valence-electron chi connectivity index (χ3n) is 15.3. The summed E-state index contributed by atoms with van der Waals surface area (Å²) in [5.74, 6) is 0. The largest absolute Gasteiger partial charge is 0.310 e. The summed E-state index contributed by atoms with van der Waals surface area (Å²) < 4.78 is 2.41. The monoisotopic (exact) mass is 976 g/mol. The quantitative estimate of drug-likeness (QED) is 0.117. The maximum Gasteiger partial charge on any atom is 0.0677 e. The number of benzene rings is 10. The molecule has 11 aromatic rings. The number of allylic oxidation sites excluding steroid dienone is 9. The van der Waals surface area contributed by atoms with Gasteiger partial charge in [-0.05, 0) is 165 Å². The Balaban J connectivity index is 0.00000288. The van der Waals surface area contributed by atoms with Gasteiger partial charge in [0.05, 0.1) is 16.4 Å². The highest BCUT2D eigenvalue weighted by molar-refractivity contribution is 6.11. The number of aromatic nitrogens is 1. The van der Waals surface area contributed by atoms with Crippen molar-refractivity contribution in [2.45, 2.75) is 39.0 Å². The van der Waals surface area contributed by atoms with Crippen molar-refractivity contribution in [1.29, 1.82) is 0 Å². The van der Waals surface area contributed by atoms with Gasteiger partial charge >= 0.3 is 0 Å². The van der Waals surface area contributed by atoms with Crippen molar-refractivity contribution in [3.05, 3.63) is 313 Å². The van der Waals surface area contributed by atoms with Crippen LogP contribution in [0.3, 0.4) is 0 Å². The molecular weight excluding hydrogens is 917 g/mol. The highest BCUT2D eigenvalue weighted by Gasteiger charge is 2.47. The Labute approximate surface area is 447 Å². The van der Waals surface area contributed by atoms with Gasteiger partial charge in [-0.15, -0.1) is 0 Å². The Morgan fingerprint density at radius 1 is 0.461 bits per heavy atom. The summed E-state index contributed by atoms with van der Waals surface area (Å²) in [6.07, 6.45) is 19.2. The van der Waals surface area contributed by atoms with Crippen molar-refractivity contribution in [1.82, 2.24) is 4.57 Å². The van der Waals surface area contributed by atoms with E-state index < -0.39 is 5.41 Å². The van der Waals surface area contributed by atoms with Crippen LogP contribution in [0.15, 0.2) is 285 Å². The third kappa shape index (κ3) is 8.52. The van der Waals surface area contributed by atoms with E-state index in [1.165, 1.54) is 88.4 Å². The summed E-state index contributed by atoms with van der Waals surface area (Å²) in [5, 5.41) is 4.97. The van der Waals surface area contributed by atoms with E-state index in [2.05, 4.69) is 283 Å². The van der Waals surface area contributed by atoms with Crippen LogP contribution in [0, 0.1) is 0 Å². The van der Waals surface area contributed by atoms with E-state index in [0.29, 0.717) is 0 Å². The second-order valence-electron chi connectivity index (χ2n) is 19.5. The summed E-state index contributed by atoms with van der Waals surface area (Å²) in [6.45, 7) is 6.03. The fraction of sp³-hybridized carbons (Fsp3) is 0.0811. The predicted molar refractivity (Wildman–Crippen MR) is 326 cm³/mol. The Morgan fingerprint density at radius 2 is 1.09 bits per heavy atom. The Hall–Kier alpha value is -9.24. The van der Waals surface area contributed by atoms with Gasteiger partial charge in [0.15, 0.2) is 0 Å². The lowest BCUT2D eigenvalue weighted by Gasteiger charge is -2.37. The first-order valence-electron chi connectivity index (χ1n) is 26.9. The lowest BCUT2D eigenvalue weighted by molar-refractivity contribution is 0.696. The fourth-order valence-corrected chi connectivity index (χ4v) is 11.9. The summed E-state index contributed by atoms with van der Waals surface area (Å²) in [5.41, 5.74) is 20.3. The molecule has 366 valence electrons. The zero-order valence-electron chi connectivity index (χ0n) is 43.4. The van der Waals surface area contributed by atoms with E-state index >= 15 is 0 Å². The van der Waals surface area contributed by atoms with Gasteiger partial charge in [0.25, 0.3) is 0 Å². The van der Waals surface area contributed by atoms with Crippen LogP contribution in [-0.2, 0) is 5.41 Å². The average Bonchev–Trinajstić information content (AvgIpc) is 4.11. The molecule has 0 saturated heterocycles. The van der Waals surface area contributed by atoms with E-state index in [4.69, 9.17) is 0 Å². The standard InChI is InChI=1S/C72H54N2.C2H6/c1-2-3-4-5-8-21-51-36-40-60(41-37-51)73(63-43-44-65-64-32-15-17-34-68(64)72(69(65)50-63,58-27-9-6-10-28-58)59-29-11-7-12-30-59)61-31-20-26-56(48-61)53-24-19-25-54(46-53)57-39-45-71-67(49-57)66-33-16-18-35-70(66)74(71)62-42-38-52-22-13-14-23-55(52)47-62;1-2/h2-16,18-33,35-50H,17,34H2,1H3;1-2H3/b3-2-,5-4-,21-8+;. The van der Waals surface area contributed by atoms with E-state index in [1.54, 1.807) is 0 Å². The summed E-state index contributed by atoms with van der Waals surface area (Å²) >= 11 is 0. The van der Waals surface area contributed by atoms with Gasteiger partial charge in [0.2, 0.25) is 0 Å². The normalized spacial score (nSPS) is 13.7. The predicted octanol–water partition coefficient (Wildman–Crippen LogP) is 20.4. The highest BCUT2D eigenvalue weighted by atomic mass is 15.1. The molecule has 0 atom stereocenters. The van der Waals surface area contributed by atoms with Crippen molar-refractivity contribution in [3.8, 4) is 27.9 Å². The SMILES string of the molecule is CC.C\C=C/C=C\C=C\c1ccc(N(c2cccc(-c3cccc(-c4ccc5c(c4)c4ccccc4n5-c4ccc5ccccc5c4)c3)c2)c2ccc3c(c2)C(c2ccccc2)(c2ccccc2)C2=C3C=CCC2)cc1. The van der Waals surface area contributed by atoms with E-state index in [1.807, 2.05) is 32.9 Å². The van der Waals surface area contributed by atoms with Gasteiger partial charge in [-0.1, -0.05) is 226 Å². The fourth-order valence-electron chi connectivity index (χ4n) is 11.9. The smallest absolute Gasteiger partial charge is 0.0677 e. The zero-order valence-corrected chi connectivity index (χ0v) is 43.4. The van der Waals surface area contributed by atoms with Crippen LogP contribution in [0.2, 0.25) is 0 Å². The minimum Gasteiger partial charge on any atom is -0.310 e.